The Balaban J connectivity index is 1.47. The number of carbonyl (C=O) groups is 3. The van der Waals surface area contributed by atoms with Gasteiger partial charge in [0.25, 0.3) is 11.8 Å². The highest BCUT2D eigenvalue weighted by molar-refractivity contribution is 6.06. The van der Waals surface area contributed by atoms with Crippen molar-refractivity contribution in [2.75, 3.05) is 18.5 Å². The third-order valence-corrected chi connectivity index (χ3v) is 6.17. The Morgan fingerprint density at radius 3 is 2.28 bits per heavy atom. The number of para-hydroxylation sites is 1. The van der Waals surface area contributed by atoms with Crippen molar-refractivity contribution in [1.29, 1.82) is 0 Å². The number of hydrogen-bond acceptors (Lipinski definition) is 4. The predicted molar refractivity (Wildman–Crippen MR) is 130 cm³/mol. The van der Waals surface area contributed by atoms with Crippen LogP contribution in [-0.4, -0.2) is 36.4 Å². The molecule has 186 valence electrons. The van der Waals surface area contributed by atoms with Crippen LogP contribution in [0.3, 0.4) is 0 Å². The standard InChI is InChI=1S/C27H25F2N3O4/c1-15(14-30-26(35)24(33)16-11-17(28)13-18(29)12-16)25(34)31-23-21-9-4-3-7-19(21)20-8-5-6-10-22(20)32(2)27(23)36/h3-13,15,23-24,33H,14H2,1-2H3,(H,30,35)(H,31,34)/t15-,23+,24+/m1/s1. The Bertz CT molecular complexity index is 1310. The third-order valence-electron chi connectivity index (χ3n) is 6.17. The summed E-state index contributed by atoms with van der Waals surface area (Å²) >= 11 is 0. The lowest BCUT2D eigenvalue weighted by atomic mass is 9.95. The summed E-state index contributed by atoms with van der Waals surface area (Å²) in [6, 6.07) is 16.2. The average molecular weight is 494 g/mol. The fourth-order valence-electron chi connectivity index (χ4n) is 4.18. The maximum absolute atomic E-state index is 13.4. The van der Waals surface area contributed by atoms with Crippen molar-refractivity contribution >= 4 is 23.4 Å². The fraction of sp³-hybridized carbons (Fsp3) is 0.222. The van der Waals surface area contributed by atoms with E-state index in [1.165, 1.54) is 4.90 Å². The summed E-state index contributed by atoms with van der Waals surface area (Å²) in [4.78, 5) is 40.2. The molecule has 0 unspecified atom stereocenters. The molecule has 1 heterocycles. The summed E-state index contributed by atoms with van der Waals surface area (Å²) in [6.45, 7) is 1.38. The van der Waals surface area contributed by atoms with E-state index in [1.807, 2.05) is 36.4 Å². The first-order valence-electron chi connectivity index (χ1n) is 11.4. The van der Waals surface area contributed by atoms with Gasteiger partial charge in [-0.05, 0) is 34.9 Å². The van der Waals surface area contributed by atoms with Crippen molar-refractivity contribution in [2.24, 2.45) is 5.92 Å². The van der Waals surface area contributed by atoms with Crippen LogP contribution in [0.5, 0.6) is 0 Å². The van der Waals surface area contributed by atoms with E-state index in [0.717, 1.165) is 28.9 Å². The second-order valence-electron chi connectivity index (χ2n) is 8.69. The molecule has 0 saturated carbocycles. The van der Waals surface area contributed by atoms with Crippen LogP contribution in [0, 0.1) is 17.6 Å². The van der Waals surface area contributed by atoms with E-state index in [4.69, 9.17) is 0 Å². The van der Waals surface area contributed by atoms with Gasteiger partial charge in [-0.1, -0.05) is 49.4 Å². The lowest BCUT2D eigenvalue weighted by Crippen LogP contribution is -2.45. The molecule has 3 N–H and O–H groups in total. The zero-order valence-corrected chi connectivity index (χ0v) is 19.7. The quantitative estimate of drug-likeness (QED) is 0.491. The van der Waals surface area contributed by atoms with Crippen LogP contribution in [0.4, 0.5) is 14.5 Å². The van der Waals surface area contributed by atoms with Gasteiger partial charge < -0.3 is 20.6 Å². The topological polar surface area (TPSA) is 98.7 Å². The number of fused-ring (bicyclic) bond motifs is 3. The number of aliphatic hydroxyl groups is 1. The van der Waals surface area contributed by atoms with Gasteiger partial charge in [0.2, 0.25) is 5.91 Å². The summed E-state index contributed by atoms with van der Waals surface area (Å²) in [5, 5.41) is 15.3. The molecule has 4 rings (SSSR count). The van der Waals surface area contributed by atoms with Crippen LogP contribution < -0.4 is 15.5 Å². The van der Waals surface area contributed by atoms with Crippen LogP contribution in [0.25, 0.3) is 11.1 Å². The lowest BCUT2D eigenvalue weighted by molar-refractivity contribution is -0.132. The van der Waals surface area contributed by atoms with Gasteiger partial charge in [0, 0.05) is 25.2 Å². The molecule has 3 amide bonds. The summed E-state index contributed by atoms with van der Waals surface area (Å²) in [5.41, 5.74) is 2.80. The first kappa shape index (κ1) is 25.0. The van der Waals surface area contributed by atoms with Gasteiger partial charge in [0.05, 0.1) is 11.6 Å². The number of anilines is 1. The molecule has 3 atom stereocenters. The van der Waals surface area contributed by atoms with Crippen molar-refractivity contribution in [3.63, 3.8) is 0 Å². The number of rotatable bonds is 6. The highest BCUT2D eigenvalue weighted by Crippen LogP contribution is 2.39. The number of halogens is 2. The van der Waals surface area contributed by atoms with Gasteiger partial charge in [-0.3, -0.25) is 14.4 Å². The molecule has 3 aromatic carbocycles. The predicted octanol–water partition coefficient (Wildman–Crippen LogP) is 3.25. The second kappa shape index (κ2) is 10.2. The molecule has 0 radical (unpaired) electrons. The molecule has 0 saturated heterocycles. The minimum Gasteiger partial charge on any atom is -0.378 e. The number of amides is 3. The van der Waals surface area contributed by atoms with Crippen LogP contribution in [0.15, 0.2) is 66.7 Å². The minimum atomic E-state index is -1.81. The normalized spacial score (nSPS) is 16.3. The summed E-state index contributed by atoms with van der Waals surface area (Å²) in [5.74, 6) is -4.35. The highest BCUT2D eigenvalue weighted by atomic mass is 19.1. The molecule has 1 aliphatic rings. The number of hydrogen-bond donors (Lipinski definition) is 3. The minimum absolute atomic E-state index is 0.169. The smallest absolute Gasteiger partial charge is 0.253 e. The first-order valence-corrected chi connectivity index (χ1v) is 11.4. The van der Waals surface area contributed by atoms with Crippen molar-refractivity contribution in [3.8, 4) is 11.1 Å². The number of likely N-dealkylation sites (N-methyl/N-ethyl adjacent to an activating group) is 1. The molecule has 9 heteroatoms. The van der Waals surface area contributed by atoms with Gasteiger partial charge in [-0.2, -0.15) is 0 Å². The Kier molecular flexibility index (Phi) is 7.12. The first-order chi connectivity index (χ1) is 17.2. The van der Waals surface area contributed by atoms with Gasteiger partial charge >= 0.3 is 0 Å². The Morgan fingerprint density at radius 1 is 0.972 bits per heavy atom. The monoisotopic (exact) mass is 493 g/mol. The van der Waals surface area contributed by atoms with Crippen LogP contribution in [-0.2, 0) is 14.4 Å². The third kappa shape index (κ3) is 4.96. The molecule has 36 heavy (non-hydrogen) atoms. The lowest BCUT2D eigenvalue weighted by Gasteiger charge is -2.24. The molecule has 0 fully saturated rings. The largest absolute Gasteiger partial charge is 0.378 e. The fourth-order valence-corrected chi connectivity index (χ4v) is 4.18. The summed E-state index contributed by atoms with van der Waals surface area (Å²) in [6.07, 6.45) is -1.81. The zero-order valence-electron chi connectivity index (χ0n) is 19.7. The van der Waals surface area contributed by atoms with Gasteiger partial charge in [-0.15, -0.1) is 0 Å². The molecule has 0 aromatic heterocycles. The van der Waals surface area contributed by atoms with E-state index in [1.54, 1.807) is 26.1 Å². The van der Waals surface area contributed by atoms with E-state index in [2.05, 4.69) is 10.6 Å². The molecule has 7 nitrogen and oxygen atoms in total. The number of nitrogens with zero attached hydrogens (tertiary/aromatic N) is 1. The SMILES string of the molecule is C[C@H](CNC(=O)[C@@H](O)c1cc(F)cc(F)c1)C(=O)N[C@@H]1C(=O)N(C)c2ccccc2-c2ccccc21. The maximum atomic E-state index is 13.4. The van der Waals surface area contributed by atoms with E-state index >= 15 is 0 Å². The Labute approximate surface area is 206 Å². The van der Waals surface area contributed by atoms with Gasteiger partial charge in [0.15, 0.2) is 6.10 Å². The molecule has 3 aromatic rings. The second-order valence-corrected chi connectivity index (χ2v) is 8.69. The molecule has 0 aliphatic carbocycles. The van der Waals surface area contributed by atoms with Crippen molar-refractivity contribution in [1.82, 2.24) is 10.6 Å². The Morgan fingerprint density at radius 2 is 1.58 bits per heavy atom. The van der Waals surface area contributed by atoms with Crippen molar-refractivity contribution < 1.29 is 28.3 Å². The molecular weight excluding hydrogens is 468 g/mol. The van der Waals surface area contributed by atoms with E-state index in [9.17, 15) is 28.3 Å². The summed E-state index contributed by atoms with van der Waals surface area (Å²) in [7, 11) is 1.65. The zero-order chi connectivity index (χ0) is 26.0. The summed E-state index contributed by atoms with van der Waals surface area (Å²) < 4.78 is 26.8. The van der Waals surface area contributed by atoms with E-state index < -0.39 is 41.5 Å². The van der Waals surface area contributed by atoms with Gasteiger partial charge in [0.1, 0.15) is 17.7 Å². The number of benzene rings is 3. The van der Waals surface area contributed by atoms with Gasteiger partial charge in [-0.25, -0.2) is 8.78 Å². The molecule has 0 bridgehead atoms. The number of aliphatic hydroxyl groups excluding tert-OH is 1. The number of carbonyl (C=O) groups excluding carboxylic acids is 3. The Hall–Kier alpha value is -4.11. The molecular formula is C27H25F2N3O4. The highest BCUT2D eigenvalue weighted by Gasteiger charge is 2.34. The van der Waals surface area contributed by atoms with Crippen molar-refractivity contribution in [3.05, 3.63) is 89.5 Å². The van der Waals surface area contributed by atoms with E-state index in [-0.39, 0.29) is 18.0 Å². The molecule has 0 spiro atoms. The average Bonchev–Trinajstić information content (AvgIpc) is 2.95. The van der Waals surface area contributed by atoms with Crippen LogP contribution in [0.1, 0.15) is 30.2 Å². The van der Waals surface area contributed by atoms with Crippen LogP contribution in [0.2, 0.25) is 0 Å². The van der Waals surface area contributed by atoms with Crippen molar-refractivity contribution in [2.45, 2.75) is 19.1 Å². The number of nitrogens with one attached hydrogen (secondary N) is 2. The molecule has 1 aliphatic heterocycles. The maximum Gasteiger partial charge on any atom is 0.253 e. The van der Waals surface area contributed by atoms with E-state index in [0.29, 0.717) is 11.6 Å². The van der Waals surface area contributed by atoms with Crippen LogP contribution >= 0.6 is 0 Å².